The second kappa shape index (κ2) is 8.35. The van der Waals surface area contributed by atoms with Crippen molar-refractivity contribution >= 4 is 27.9 Å². The number of allylic oxidation sites excluding steroid dienone is 1. The second-order valence-electron chi connectivity index (χ2n) is 6.20. The number of aromatic hydroxyl groups is 1. The van der Waals surface area contributed by atoms with Crippen molar-refractivity contribution in [1.82, 2.24) is 10.6 Å². The van der Waals surface area contributed by atoms with Crippen molar-refractivity contribution in [3.05, 3.63) is 69.3 Å². The van der Waals surface area contributed by atoms with Crippen molar-refractivity contribution in [2.75, 3.05) is 7.11 Å². The number of phenolic OH excluding ortho intramolecular Hbond substituents is 1. The molecule has 28 heavy (non-hydrogen) atoms. The van der Waals surface area contributed by atoms with Gasteiger partial charge in [0.05, 0.1) is 18.7 Å². The maximum Gasteiger partial charge on any atom is 0.338 e. The molecule has 0 radical (unpaired) electrons. The van der Waals surface area contributed by atoms with Crippen LogP contribution in [-0.4, -0.2) is 24.2 Å². The highest BCUT2D eigenvalue weighted by Crippen LogP contribution is 2.34. The molecule has 0 aromatic heterocycles. The number of carbonyl (C=O) groups excluding carboxylic acids is 2. The third-order valence-corrected chi connectivity index (χ3v) is 4.81. The van der Waals surface area contributed by atoms with Gasteiger partial charge in [-0.1, -0.05) is 28.1 Å². The summed E-state index contributed by atoms with van der Waals surface area (Å²) in [7, 11) is 1.58. The zero-order valence-electron chi connectivity index (χ0n) is 15.3. The van der Waals surface area contributed by atoms with E-state index in [-0.39, 0.29) is 17.9 Å². The lowest BCUT2D eigenvalue weighted by Crippen LogP contribution is -2.45. The molecule has 146 valence electrons. The van der Waals surface area contributed by atoms with Crippen LogP contribution in [0.3, 0.4) is 0 Å². The van der Waals surface area contributed by atoms with E-state index >= 15 is 0 Å². The van der Waals surface area contributed by atoms with Crippen LogP contribution < -0.4 is 15.4 Å². The molecule has 2 aromatic carbocycles. The number of phenols is 1. The van der Waals surface area contributed by atoms with Gasteiger partial charge in [0.1, 0.15) is 18.1 Å². The van der Waals surface area contributed by atoms with Crippen LogP contribution in [0.1, 0.15) is 24.1 Å². The Morgan fingerprint density at radius 1 is 1.21 bits per heavy atom. The molecule has 8 heteroatoms. The van der Waals surface area contributed by atoms with E-state index in [2.05, 4.69) is 26.6 Å². The molecule has 2 aromatic rings. The molecule has 0 bridgehead atoms. The lowest BCUT2D eigenvalue weighted by Gasteiger charge is -2.28. The van der Waals surface area contributed by atoms with Gasteiger partial charge in [0.25, 0.3) is 0 Å². The number of esters is 1. The minimum atomic E-state index is -0.838. The van der Waals surface area contributed by atoms with Crippen molar-refractivity contribution in [3.63, 3.8) is 0 Å². The Hall–Kier alpha value is -3.00. The predicted molar refractivity (Wildman–Crippen MR) is 106 cm³/mol. The number of methoxy groups -OCH3 is 1. The first kappa shape index (κ1) is 19.8. The van der Waals surface area contributed by atoms with Gasteiger partial charge in [-0.3, -0.25) is 0 Å². The molecule has 0 fully saturated rings. The zero-order valence-corrected chi connectivity index (χ0v) is 16.9. The summed E-state index contributed by atoms with van der Waals surface area (Å²) in [6, 6.07) is 10.6. The minimum absolute atomic E-state index is 0.0383. The van der Waals surface area contributed by atoms with E-state index in [1.165, 1.54) is 6.07 Å². The van der Waals surface area contributed by atoms with Crippen molar-refractivity contribution in [2.24, 2.45) is 0 Å². The van der Waals surface area contributed by atoms with Gasteiger partial charge in [-0.15, -0.1) is 0 Å². The summed E-state index contributed by atoms with van der Waals surface area (Å²) < 4.78 is 11.3. The van der Waals surface area contributed by atoms with Crippen molar-refractivity contribution in [1.29, 1.82) is 0 Å². The Morgan fingerprint density at radius 3 is 2.61 bits per heavy atom. The highest BCUT2D eigenvalue weighted by atomic mass is 79.9. The van der Waals surface area contributed by atoms with Crippen LogP contribution in [0.5, 0.6) is 11.5 Å². The van der Waals surface area contributed by atoms with Gasteiger partial charge in [0, 0.05) is 15.7 Å². The Morgan fingerprint density at radius 2 is 1.93 bits per heavy atom. The van der Waals surface area contributed by atoms with Crippen LogP contribution >= 0.6 is 15.9 Å². The number of urea groups is 1. The molecule has 1 unspecified atom stereocenters. The molecule has 2 amide bonds. The van der Waals surface area contributed by atoms with E-state index in [0.717, 1.165) is 5.56 Å². The van der Waals surface area contributed by atoms with Crippen LogP contribution in [0.25, 0.3) is 0 Å². The van der Waals surface area contributed by atoms with E-state index in [1.54, 1.807) is 50.4 Å². The van der Waals surface area contributed by atoms with Crippen LogP contribution in [-0.2, 0) is 16.1 Å². The number of hydrogen-bond donors (Lipinski definition) is 3. The van der Waals surface area contributed by atoms with Crippen LogP contribution in [0, 0.1) is 0 Å². The molecular weight excluding hydrogens is 428 g/mol. The number of hydrogen-bond acceptors (Lipinski definition) is 5. The number of nitrogens with one attached hydrogen (secondary N) is 2. The summed E-state index contributed by atoms with van der Waals surface area (Å²) in [5.74, 6) is 0.0758. The van der Waals surface area contributed by atoms with E-state index in [1.807, 2.05) is 0 Å². The molecule has 0 spiro atoms. The van der Waals surface area contributed by atoms with Gasteiger partial charge in [-0.05, 0) is 42.8 Å². The first-order valence-corrected chi connectivity index (χ1v) is 9.25. The summed E-state index contributed by atoms with van der Waals surface area (Å²) in [5.41, 5.74) is 1.77. The monoisotopic (exact) mass is 446 g/mol. The molecule has 1 atom stereocenters. The fourth-order valence-electron chi connectivity index (χ4n) is 2.90. The van der Waals surface area contributed by atoms with Gasteiger partial charge in [-0.2, -0.15) is 0 Å². The molecule has 0 saturated carbocycles. The van der Waals surface area contributed by atoms with Gasteiger partial charge in [0.2, 0.25) is 0 Å². The standard InChI is InChI=1S/C20H19BrN2O5/c1-11-17(19(25)28-10-12-3-6-14(27-2)7-4-12)18(23-20(26)22-11)15-9-13(21)5-8-16(15)24/h3-9,18,24H,10H2,1-2H3,(H2,22,23,26). The summed E-state index contributed by atoms with van der Waals surface area (Å²) in [6.45, 7) is 1.68. The Balaban J connectivity index is 1.85. The lowest BCUT2D eigenvalue weighted by atomic mass is 9.95. The smallest absolute Gasteiger partial charge is 0.338 e. The van der Waals surface area contributed by atoms with E-state index in [0.29, 0.717) is 21.5 Å². The van der Waals surface area contributed by atoms with Gasteiger partial charge >= 0.3 is 12.0 Å². The number of amides is 2. The van der Waals surface area contributed by atoms with Gasteiger partial charge in [-0.25, -0.2) is 9.59 Å². The van der Waals surface area contributed by atoms with Crippen molar-refractivity contribution < 1.29 is 24.2 Å². The number of benzene rings is 2. The highest BCUT2D eigenvalue weighted by Gasteiger charge is 2.33. The summed E-state index contributed by atoms with van der Waals surface area (Å²) >= 11 is 3.34. The molecule has 0 aliphatic carbocycles. The minimum Gasteiger partial charge on any atom is -0.508 e. The summed E-state index contributed by atoms with van der Waals surface area (Å²) in [4.78, 5) is 24.7. The van der Waals surface area contributed by atoms with E-state index in [9.17, 15) is 14.7 Å². The maximum absolute atomic E-state index is 12.8. The van der Waals surface area contributed by atoms with Gasteiger partial charge < -0.3 is 25.2 Å². The Kier molecular flexibility index (Phi) is 5.89. The first-order chi connectivity index (χ1) is 13.4. The fourth-order valence-corrected chi connectivity index (χ4v) is 3.28. The molecule has 1 heterocycles. The average molecular weight is 447 g/mol. The molecule has 3 rings (SSSR count). The number of halogens is 1. The maximum atomic E-state index is 12.8. The summed E-state index contributed by atoms with van der Waals surface area (Å²) in [5, 5.41) is 15.5. The highest BCUT2D eigenvalue weighted by molar-refractivity contribution is 9.10. The Labute approximate surface area is 170 Å². The van der Waals surface area contributed by atoms with Crippen LogP contribution in [0.15, 0.2) is 58.2 Å². The SMILES string of the molecule is COc1ccc(COC(=O)C2=C(C)NC(=O)NC2c2cc(Br)ccc2O)cc1. The normalized spacial score (nSPS) is 16.2. The molecule has 1 aliphatic rings. The largest absolute Gasteiger partial charge is 0.508 e. The van der Waals surface area contributed by atoms with E-state index < -0.39 is 18.0 Å². The first-order valence-electron chi connectivity index (χ1n) is 8.45. The molecule has 3 N–H and O–H groups in total. The molecule has 1 aliphatic heterocycles. The van der Waals surface area contributed by atoms with E-state index in [4.69, 9.17) is 9.47 Å². The molecule has 0 saturated heterocycles. The lowest BCUT2D eigenvalue weighted by molar-refractivity contribution is -0.140. The fraction of sp³-hybridized carbons (Fsp3) is 0.200. The van der Waals surface area contributed by atoms with Crippen LogP contribution in [0.2, 0.25) is 0 Å². The molecule has 7 nitrogen and oxygen atoms in total. The van der Waals surface area contributed by atoms with Gasteiger partial charge in [0.15, 0.2) is 0 Å². The predicted octanol–water partition coefficient (Wildman–Crippen LogP) is 3.53. The Bertz CT molecular complexity index is 940. The van der Waals surface area contributed by atoms with Crippen molar-refractivity contribution in [2.45, 2.75) is 19.6 Å². The average Bonchev–Trinajstić information content (AvgIpc) is 2.67. The number of rotatable bonds is 5. The van der Waals surface area contributed by atoms with Crippen molar-refractivity contribution in [3.8, 4) is 11.5 Å². The van der Waals surface area contributed by atoms with Crippen LogP contribution in [0.4, 0.5) is 4.79 Å². The zero-order chi connectivity index (χ0) is 20.3. The third kappa shape index (κ3) is 4.28. The number of carbonyl (C=O) groups is 2. The third-order valence-electron chi connectivity index (χ3n) is 4.32. The second-order valence-corrected chi connectivity index (χ2v) is 7.11. The quantitative estimate of drug-likeness (QED) is 0.610. The summed E-state index contributed by atoms with van der Waals surface area (Å²) in [6.07, 6.45) is 0. The topological polar surface area (TPSA) is 96.9 Å². The molecular formula is C20H19BrN2O5. The number of ether oxygens (including phenoxy) is 2.